The number of ether oxygens (including phenoxy) is 1. The second kappa shape index (κ2) is 7.23. The number of hydrogen-bond acceptors (Lipinski definition) is 5. The number of carbonyl (C=O) groups is 1. The first-order valence-corrected chi connectivity index (χ1v) is 8.98. The lowest BCUT2D eigenvalue weighted by molar-refractivity contribution is -0.129. The third-order valence-electron chi connectivity index (χ3n) is 3.55. The molecule has 6 heteroatoms. The van der Waals surface area contributed by atoms with Gasteiger partial charge in [0.15, 0.2) is 10.8 Å². The molecule has 128 valence electrons. The zero-order valence-electron chi connectivity index (χ0n) is 13.4. The summed E-state index contributed by atoms with van der Waals surface area (Å²) in [6.07, 6.45) is 1.57. The fourth-order valence-electron chi connectivity index (χ4n) is 2.33. The Kier molecular flexibility index (Phi) is 4.65. The van der Waals surface area contributed by atoms with Crippen LogP contribution >= 0.6 is 23.4 Å². The van der Waals surface area contributed by atoms with Gasteiger partial charge in [0.25, 0.3) is 0 Å². The van der Waals surface area contributed by atoms with E-state index in [4.69, 9.17) is 20.8 Å². The maximum Gasteiger partial charge on any atom is 0.363 e. The largest absolute Gasteiger partial charge is 0.450 e. The monoisotopic (exact) mass is 381 g/mol. The Morgan fingerprint density at radius 2 is 1.73 bits per heavy atom. The first-order valence-electron chi connectivity index (χ1n) is 7.79. The van der Waals surface area contributed by atoms with Crippen LogP contribution in [0.15, 0.2) is 91.8 Å². The molecule has 1 aliphatic heterocycles. The Morgan fingerprint density at radius 3 is 2.50 bits per heavy atom. The van der Waals surface area contributed by atoms with Crippen LogP contribution in [0.3, 0.4) is 0 Å². The molecule has 0 fully saturated rings. The van der Waals surface area contributed by atoms with Gasteiger partial charge in [-0.25, -0.2) is 9.79 Å². The van der Waals surface area contributed by atoms with Crippen LogP contribution in [-0.4, -0.2) is 11.9 Å². The topological polar surface area (TPSA) is 51.8 Å². The second-order valence-electron chi connectivity index (χ2n) is 5.41. The van der Waals surface area contributed by atoms with E-state index in [1.807, 2.05) is 60.7 Å². The highest BCUT2D eigenvalue weighted by Crippen LogP contribution is 2.31. The molecule has 1 aliphatic rings. The summed E-state index contributed by atoms with van der Waals surface area (Å²) in [6.45, 7) is 0. The predicted molar refractivity (Wildman–Crippen MR) is 101 cm³/mol. The molecule has 0 radical (unpaired) electrons. The van der Waals surface area contributed by atoms with E-state index in [-0.39, 0.29) is 5.70 Å². The highest BCUT2D eigenvalue weighted by Gasteiger charge is 2.24. The number of aliphatic imine (C=N–C) groups is 1. The van der Waals surface area contributed by atoms with Crippen molar-refractivity contribution >= 4 is 41.3 Å². The fourth-order valence-corrected chi connectivity index (χ4v) is 3.24. The van der Waals surface area contributed by atoms with Gasteiger partial charge in [-0.3, -0.25) is 0 Å². The molecule has 2 heterocycles. The van der Waals surface area contributed by atoms with Gasteiger partial charge in [-0.05, 0) is 48.5 Å². The number of hydrogen-bond donors (Lipinski definition) is 0. The van der Waals surface area contributed by atoms with E-state index in [1.54, 1.807) is 12.1 Å². The maximum atomic E-state index is 12.0. The van der Waals surface area contributed by atoms with Crippen LogP contribution in [0.5, 0.6) is 0 Å². The molecule has 0 spiro atoms. The number of esters is 1. The van der Waals surface area contributed by atoms with E-state index < -0.39 is 5.97 Å². The maximum absolute atomic E-state index is 12.0. The molecule has 0 atom stereocenters. The number of furan rings is 1. The molecule has 0 aliphatic carbocycles. The van der Waals surface area contributed by atoms with Crippen LogP contribution in [-0.2, 0) is 9.53 Å². The average molecular weight is 382 g/mol. The number of halogens is 1. The molecule has 2 aromatic carbocycles. The first kappa shape index (κ1) is 16.7. The molecule has 0 amide bonds. The van der Waals surface area contributed by atoms with Crippen molar-refractivity contribution in [1.82, 2.24) is 0 Å². The van der Waals surface area contributed by atoms with E-state index in [0.717, 1.165) is 10.5 Å². The quantitative estimate of drug-likeness (QED) is 0.446. The molecule has 26 heavy (non-hydrogen) atoms. The summed E-state index contributed by atoms with van der Waals surface area (Å²) in [6, 6.07) is 20.4. The Bertz CT molecular complexity index is 1010. The lowest BCUT2D eigenvalue weighted by Gasteiger charge is -1.97. The van der Waals surface area contributed by atoms with Gasteiger partial charge in [-0.2, -0.15) is 0 Å². The van der Waals surface area contributed by atoms with Gasteiger partial charge >= 0.3 is 5.97 Å². The summed E-state index contributed by atoms with van der Waals surface area (Å²) in [4.78, 5) is 17.3. The molecular weight excluding hydrogens is 370 g/mol. The van der Waals surface area contributed by atoms with E-state index in [0.29, 0.717) is 21.8 Å². The SMILES string of the molecule is O=C1OC(c2ccccc2)=N/C1=C\c1ccc(Sc2ccc(Cl)cc2)o1. The molecule has 0 bridgehead atoms. The Labute approximate surface area is 159 Å². The highest BCUT2D eigenvalue weighted by molar-refractivity contribution is 7.99. The molecule has 0 N–H and O–H groups in total. The number of cyclic esters (lactones) is 1. The van der Waals surface area contributed by atoms with Crippen molar-refractivity contribution in [2.45, 2.75) is 9.99 Å². The Morgan fingerprint density at radius 1 is 0.962 bits per heavy atom. The fraction of sp³-hybridized carbons (Fsp3) is 0. The summed E-state index contributed by atoms with van der Waals surface area (Å²) < 4.78 is 11.0. The minimum Gasteiger partial charge on any atom is -0.450 e. The minimum atomic E-state index is -0.493. The van der Waals surface area contributed by atoms with Crippen molar-refractivity contribution in [2.75, 3.05) is 0 Å². The van der Waals surface area contributed by atoms with Gasteiger partial charge in [-0.15, -0.1) is 0 Å². The van der Waals surface area contributed by atoms with E-state index in [1.165, 1.54) is 11.8 Å². The molecule has 0 saturated heterocycles. The van der Waals surface area contributed by atoms with Crippen molar-refractivity contribution in [3.63, 3.8) is 0 Å². The smallest absolute Gasteiger partial charge is 0.363 e. The van der Waals surface area contributed by atoms with Crippen molar-refractivity contribution in [3.8, 4) is 0 Å². The van der Waals surface area contributed by atoms with Crippen LogP contribution in [0.1, 0.15) is 11.3 Å². The van der Waals surface area contributed by atoms with Gasteiger partial charge in [0.2, 0.25) is 5.90 Å². The zero-order valence-corrected chi connectivity index (χ0v) is 15.0. The molecular formula is C20H12ClNO3S. The van der Waals surface area contributed by atoms with Crippen LogP contribution < -0.4 is 0 Å². The lowest BCUT2D eigenvalue weighted by Crippen LogP contribution is -2.04. The van der Waals surface area contributed by atoms with Crippen LogP contribution in [0.2, 0.25) is 5.02 Å². The Balaban J connectivity index is 1.53. The summed E-state index contributed by atoms with van der Waals surface area (Å²) in [7, 11) is 0. The van der Waals surface area contributed by atoms with Crippen LogP contribution in [0.4, 0.5) is 0 Å². The molecule has 1 aromatic heterocycles. The molecule has 0 unspecified atom stereocenters. The first-order chi connectivity index (χ1) is 12.7. The third kappa shape index (κ3) is 3.74. The molecule has 4 nitrogen and oxygen atoms in total. The second-order valence-corrected chi connectivity index (χ2v) is 6.93. The molecule has 4 rings (SSSR count). The summed E-state index contributed by atoms with van der Waals surface area (Å²) >= 11 is 7.35. The van der Waals surface area contributed by atoms with Gasteiger partial charge in [0.05, 0.1) is 0 Å². The highest BCUT2D eigenvalue weighted by atomic mass is 35.5. The summed E-state index contributed by atoms with van der Waals surface area (Å²) in [5, 5.41) is 1.39. The number of nitrogens with zero attached hydrogens (tertiary/aromatic N) is 1. The van der Waals surface area contributed by atoms with Gasteiger partial charge < -0.3 is 9.15 Å². The molecule has 0 saturated carbocycles. The normalized spacial score (nSPS) is 15.2. The third-order valence-corrected chi connectivity index (χ3v) is 4.73. The Hall–Kier alpha value is -2.76. The van der Waals surface area contributed by atoms with Crippen molar-refractivity contribution in [1.29, 1.82) is 0 Å². The van der Waals surface area contributed by atoms with Crippen LogP contribution in [0.25, 0.3) is 6.08 Å². The lowest BCUT2D eigenvalue weighted by atomic mass is 10.2. The van der Waals surface area contributed by atoms with Crippen LogP contribution in [0, 0.1) is 0 Å². The van der Waals surface area contributed by atoms with E-state index in [2.05, 4.69) is 4.99 Å². The standard InChI is InChI=1S/C20H12ClNO3S/c21-14-6-9-16(10-7-14)26-18-11-8-15(24-18)12-17-20(23)25-19(22-17)13-4-2-1-3-5-13/h1-12H/b17-12-. The van der Waals surface area contributed by atoms with Gasteiger partial charge in [-0.1, -0.05) is 41.6 Å². The summed E-state index contributed by atoms with van der Waals surface area (Å²) in [5.41, 5.74) is 0.962. The average Bonchev–Trinajstić information content (AvgIpc) is 3.25. The minimum absolute atomic E-state index is 0.209. The van der Waals surface area contributed by atoms with Crippen molar-refractivity contribution in [3.05, 3.63) is 88.8 Å². The van der Waals surface area contributed by atoms with Crippen molar-refractivity contribution in [2.24, 2.45) is 4.99 Å². The number of carbonyl (C=O) groups excluding carboxylic acids is 1. The summed E-state index contributed by atoms with van der Waals surface area (Å²) in [5.74, 6) is 0.336. The number of rotatable bonds is 4. The predicted octanol–water partition coefficient (Wildman–Crippen LogP) is 5.43. The molecule has 3 aromatic rings. The van der Waals surface area contributed by atoms with E-state index >= 15 is 0 Å². The van der Waals surface area contributed by atoms with E-state index in [9.17, 15) is 4.79 Å². The van der Waals surface area contributed by atoms with Gasteiger partial charge in [0, 0.05) is 21.6 Å². The van der Waals surface area contributed by atoms with Gasteiger partial charge in [0.1, 0.15) is 5.76 Å². The van der Waals surface area contributed by atoms with Crippen molar-refractivity contribution < 1.29 is 13.9 Å². The number of benzene rings is 2. The zero-order chi connectivity index (χ0) is 17.9.